The summed E-state index contributed by atoms with van der Waals surface area (Å²) in [7, 11) is 1.89. The van der Waals surface area contributed by atoms with Crippen LogP contribution in [0, 0.1) is 0 Å². The van der Waals surface area contributed by atoms with Gasteiger partial charge < -0.3 is 14.8 Å². The van der Waals surface area contributed by atoms with Gasteiger partial charge in [0.15, 0.2) is 0 Å². The van der Waals surface area contributed by atoms with E-state index in [9.17, 15) is 22.8 Å². The summed E-state index contributed by atoms with van der Waals surface area (Å²) in [5, 5.41) is 2.77. The quantitative estimate of drug-likeness (QED) is 0.922. The molecular weight excluding hydrogens is 335 g/mol. The van der Waals surface area contributed by atoms with Crippen molar-refractivity contribution in [1.29, 1.82) is 0 Å². The number of fused-ring (bicyclic) bond motifs is 1. The Morgan fingerprint density at radius 2 is 2.04 bits per heavy atom. The fourth-order valence-electron chi connectivity index (χ4n) is 3.17. The van der Waals surface area contributed by atoms with Gasteiger partial charge in [0.2, 0.25) is 5.91 Å². The highest BCUT2D eigenvalue weighted by Gasteiger charge is 2.36. The highest BCUT2D eigenvalue weighted by molar-refractivity contribution is 6.00. The summed E-state index contributed by atoms with van der Waals surface area (Å²) >= 11 is 0. The number of aryl methyl sites for hydroxylation is 1. The van der Waals surface area contributed by atoms with Gasteiger partial charge in [0.05, 0.1) is 0 Å². The number of hydrogen-bond donors (Lipinski definition) is 1. The number of benzene rings is 1. The molecule has 8 heteroatoms. The fourth-order valence-corrected chi connectivity index (χ4v) is 3.17. The summed E-state index contributed by atoms with van der Waals surface area (Å²) in [6.07, 6.45) is -1.64. The van der Waals surface area contributed by atoms with E-state index in [1.54, 1.807) is 12.1 Å². The smallest absolute Gasteiger partial charge is 0.351 e. The molecule has 1 aromatic carbocycles. The number of nitrogens with one attached hydrogen (secondary N) is 1. The van der Waals surface area contributed by atoms with Crippen LogP contribution in [-0.4, -0.2) is 46.6 Å². The van der Waals surface area contributed by atoms with Crippen molar-refractivity contribution in [2.75, 3.05) is 13.1 Å². The average Bonchev–Trinajstić information content (AvgIpc) is 3.18. The van der Waals surface area contributed by atoms with E-state index in [2.05, 4.69) is 0 Å². The van der Waals surface area contributed by atoms with Crippen molar-refractivity contribution in [2.45, 2.75) is 25.1 Å². The van der Waals surface area contributed by atoms with Crippen LogP contribution in [0.4, 0.5) is 13.2 Å². The number of aromatic nitrogens is 1. The first-order valence-electron chi connectivity index (χ1n) is 7.97. The number of halogens is 3. The highest BCUT2D eigenvalue weighted by atomic mass is 19.4. The topological polar surface area (TPSA) is 54.3 Å². The normalized spacial score (nSPS) is 17.9. The number of amides is 2. The molecule has 1 aliphatic heterocycles. The maximum Gasteiger partial charge on any atom is 0.405 e. The molecule has 0 saturated carbocycles. The zero-order valence-corrected chi connectivity index (χ0v) is 13.6. The van der Waals surface area contributed by atoms with E-state index in [4.69, 9.17) is 0 Å². The number of alkyl halides is 3. The third kappa shape index (κ3) is 3.62. The number of likely N-dealkylation sites (tertiary alicyclic amines) is 1. The molecule has 2 aromatic rings. The molecule has 0 spiro atoms. The molecular formula is C17H18F3N3O2. The second kappa shape index (κ2) is 6.42. The minimum absolute atomic E-state index is 0.338. The van der Waals surface area contributed by atoms with Crippen molar-refractivity contribution < 1.29 is 22.8 Å². The Hall–Kier alpha value is -2.51. The lowest BCUT2D eigenvalue weighted by Crippen LogP contribution is -2.48. The number of nitrogens with zero attached hydrogens (tertiary/aromatic N) is 2. The molecule has 0 radical (unpaired) electrons. The Morgan fingerprint density at radius 3 is 2.76 bits per heavy atom. The maximum absolute atomic E-state index is 12.7. The molecule has 1 aliphatic rings. The molecule has 0 aliphatic carbocycles. The lowest BCUT2D eigenvalue weighted by atomic mass is 10.1. The Kier molecular flexibility index (Phi) is 4.45. The van der Waals surface area contributed by atoms with Gasteiger partial charge >= 0.3 is 6.18 Å². The first-order chi connectivity index (χ1) is 11.8. The summed E-state index contributed by atoms with van der Waals surface area (Å²) in [5.41, 5.74) is 1.40. The lowest BCUT2D eigenvalue weighted by Gasteiger charge is -2.24. The van der Waals surface area contributed by atoms with Crippen LogP contribution in [0.3, 0.4) is 0 Å². The van der Waals surface area contributed by atoms with Crippen molar-refractivity contribution in [3.05, 3.63) is 36.0 Å². The molecule has 5 nitrogen and oxygen atoms in total. The first-order valence-corrected chi connectivity index (χ1v) is 7.97. The third-order valence-electron chi connectivity index (χ3n) is 4.41. The molecule has 1 fully saturated rings. The van der Waals surface area contributed by atoms with Crippen LogP contribution in [0.15, 0.2) is 30.5 Å². The Balaban J connectivity index is 1.76. The monoisotopic (exact) mass is 353 g/mol. The van der Waals surface area contributed by atoms with Gasteiger partial charge in [-0.3, -0.25) is 9.59 Å². The Morgan fingerprint density at radius 1 is 1.28 bits per heavy atom. The van der Waals surface area contributed by atoms with E-state index in [1.165, 1.54) is 4.90 Å². The van der Waals surface area contributed by atoms with Crippen LogP contribution >= 0.6 is 0 Å². The molecule has 1 saturated heterocycles. The second-order valence-electron chi connectivity index (χ2n) is 6.19. The van der Waals surface area contributed by atoms with Crippen molar-refractivity contribution >= 4 is 22.7 Å². The fraction of sp³-hybridized carbons (Fsp3) is 0.412. The number of carbonyl (C=O) groups excluding carboxylic acids is 2. The molecule has 0 bridgehead atoms. The largest absolute Gasteiger partial charge is 0.405 e. The predicted octanol–water partition coefficient (Wildman–Crippen LogP) is 2.46. The van der Waals surface area contributed by atoms with Gasteiger partial charge in [0.25, 0.3) is 5.91 Å². The van der Waals surface area contributed by atoms with Gasteiger partial charge in [-0.1, -0.05) is 0 Å². The maximum atomic E-state index is 12.7. The van der Waals surface area contributed by atoms with Gasteiger partial charge in [-0.25, -0.2) is 0 Å². The van der Waals surface area contributed by atoms with Gasteiger partial charge in [0, 0.05) is 36.3 Å². The number of carbonyl (C=O) groups is 2. The van der Waals surface area contributed by atoms with E-state index in [0.717, 1.165) is 10.9 Å². The van der Waals surface area contributed by atoms with Crippen molar-refractivity contribution in [1.82, 2.24) is 14.8 Å². The van der Waals surface area contributed by atoms with Crippen molar-refractivity contribution in [3.8, 4) is 0 Å². The molecule has 3 rings (SSSR count). The van der Waals surface area contributed by atoms with Gasteiger partial charge in [-0.05, 0) is 37.1 Å². The summed E-state index contributed by atoms with van der Waals surface area (Å²) < 4.78 is 38.8. The highest BCUT2D eigenvalue weighted by Crippen LogP contribution is 2.23. The molecule has 134 valence electrons. The number of hydrogen-bond acceptors (Lipinski definition) is 2. The minimum Gasteiger partial charge on any atom is -0.351 e. The van der Waals surface area contributed by atoms with Crippen LogP contribution in [0.1, 0.15) is 23.2 Å². The zero-order valence-electron chi connectivity index (χ0n) is 13.6. The van der Waals surface area contributed by atoms with Gasteiger partial charge in [-0.15, -0.1) is 0 Å². The summed E-state index contributed by atoms with van der Waals surface area (Å²) in [6, 6.07) is 6.25. The second-order valence-corrected chi connectivity index (χ2v) is 6.19. The summed E-state index contributed by atoms with van der Waals surface area (Å²) in [4.78, 5) is 26.1. The zero-order chi connectivity index (χ0) is 18.2. The molecule has 1 atom stereocenters. The molecule has 1 unspecified atom stereocenters. The van der Waals surface area contributed by atoms with Crippen LogP contribution < -0.4 is 5.32 Å². The standard InChI is InChI=1S/C17H18F3N3O2/c1-22-8-6-11-9-12(4-5-13(11)22)16(25)23-7-2-3-14(23)15(24)21-10-17(18,19)20/h4-6,8-9,14H,2-3,7,10H2,1H3,(H,21,24). The molecule has 1 N–H and O–H groups in total. The van der Waals surface area contributed by atoms with Crippen LogP contribution in [0.25, 0.3) is 10.9 Å². The van der Waals surface area contributed by atoms with Gasteiger partial charge in [-0.2, -0.15) is 13.2 Å². The third-order valence-corrected chi connectivity index (χ3v) is 4.41. The Labute approximate surface area is 142 Å². The van der Waals surface area contributed by atoms with E-state index in [-0.39, 0.29) is 5.91 Å². The van der Waals surface area contributed by atoms with E-state index >= 15 is 0 Å². The summed E-state index contributed by atoms with van der Waals surface area (Å²) in [6.45, 7) is -1.03. The Bertz CT molecular complexity index is 813. The van der Waals surface area contributed by atoms with Crippen LogP contribution in [0.5, 0.6) is 0 Å². The van der Waals surface area contributed by atoms with E-state index in [1.807, 2.05) is 35.3 Å². The first kappa shape index (κ1) is 17.3. The van der Waals surface area contributed by atoms with E-state index < -0.39 is 24.7 Å². The van der Waals surface area contributed by atoms with Crippen molar-refractivity contribution in [3.63, 3.8) is 0 Å². The molecule has 25 heavy (non-hydrogen) atoms. The molecule has 2 amide bonds. The van der Waals surface area contributed by atoms with Gasteiger partial charge in [0.1, 0.15) is 12.6 Å². The molecule has 2 heterocycles. The van der Waals surface area contributed by atoms with E-state index in [0.29, 0.717) is 24.9 Å². The van der Waals surface area contributed by atoms with Crippen LogP contribution in [-0.2, 0) is 11.8 Å². The lowest BCUT2D eigenvalue weighted by molar-refractivity contribution is -0.140. The minimum atomic E-state index is -4.47. The SMILES string of the molecule is Cn1ccc2cc(C(=O)N3CCCC3C(=O)NCC(F)(F)F)ccc21. The summed E-state index contributed by atoms with van der Waals surface area (Å²) in [5.74, 6) is -1.10. The molecule has 1 aromatic heterocycles. The number of rotatable bonds is 3. The predicted molar refractivity (Wildman–Crippen MR) is 86.0 cm³/mol. The van der Waals surface area contributed by atoms with Crippen LogP contribution in [0.2, 0.25) is 0 Å². The average molecular weight is 353 g/mol. The van der Waals surface area contributed by atoms with Crippen molar-refractivity contribution in [2.24, 2.45) is 7.05 Å².